The number of furan rings is 1. The van der Waals surface area contributed by atoms with Gasteiger partial charge < -0.3 is 9.52 Å². The molecule has 1 saturated carbocycles. The molecule has 0 spiro atoms. The number of fused-ring (bicyclic) bond motifs is 1. The van der Waals surface area contributed by atoms with Crippen LogP contribution < -0.4 is 0 Å². The first-order valence-corrected chi connectivity index (χ1v) is 7.58. The topological polar surface area (TPSA) is 33.4 Å². The van der Waals surface area contributed by atoms with E-state index in [1.165, 1.54) is 24.8 Å². The zero-order valence-electron chi connectivity index (χ0n) is 11.8. The van der Waals surface area contributed by atoms with Crippen molar-refractivity contribution in [1.82, 2.24) is 0 Å². The molecule has 21 heavy (non-hydrogen) atoms. The molecule has 1 unspecified atom stereocenters. The molecule has 0 bridgehead atoms. The first kappa shape index (κ1) is 12.7. The van der Waals surface area contributed by atoms with E-state index in [-0.39, 0.29) is 0 Å². The third-order valence-corrected chi connectivity index (χ3v) is 4.52. The fraction of sp³-hybridized carbons (Fsp3) is 0.263. The highest BCUT2D eigenvalue weighted by molar-refractivity contribution is 5.77. The van der Waals surface area contributed by atoms with E-state index in [1.54, 1.807) is 0 Å². The summed E-state index contributed by atoms with van der Waals surface area (Å²) in [4.78, 5) is 0. The maximum Gasteiger partial charge on any atom is 0.138 e. The SMILES string of the molecule is OC(c1cccc(C2CCC2)c1)c1cc2ccccc2o1. The van der Waals surface area contributed by atoms with Gasteiger partial charge >= 0.3 is 0 Å². The molecule has 0 saturated heterocycles. The van der Waals surface area contributed by atoms with Gasteiger partial charge in [0.2, 0.25) is 0 Å². The molecule has 1 fully saturated rings. The number of hydrogen-bond acceptors (Lipinski definition) is 2. The lowest BCUT2D eigenvalue weighted by molar-refractivity contribution is 0.192. The van der Waals surface area contributed by atoms with Crippen molar-refractivity contribution in [1.29, 1.82) is 0 Å². The lowest BCUT2D eigenvalue weighted by Crippen LogP contribution is -2.09. The minimum atomic E-state index is -0.697. The summed E-state index contributed by atoms with van der Waals surface area (Å²) in [6.45, 7) is 0. The summed E-state index contributed by atoms with van der Waals surface area (Å²) >= 11 is 0. The molecule has 0 amide bonds. The Hall–Kier alpha value is -2.06. The van der Waals surface area contributed by atoms with Crippen LogP contribution >= 0.6 is 0 Å². The monoisotopic (exact) mass is 278 g/mol. The van der Waals surface area contributed by atoms with Crippen LogP contribution in [0.15, 0.2) is 59.0 Å². The predicted octanol–water partition coefficient (Wildman–Crippen LogP) is 4.78. The quantitative estimate of drug-likeness (QED) is 0.747. The van der Waals surface area contributed by atoms with Crippen LogP contribution in [-0.2, 0) is 0 Å². The maximum atomic E-state index is 10.6. The molecular weight excluding hydrogens is 260 g/mol. The van der Waals surface area contributed by atoms with E-state index in [2.05, 4.69) is 12.1 Å². The van der Waals surface area contributed by atoms with Crippen molar-refractivity contribution < 1.29 is 9.52 Å². The normalized spacial score (nSPS) is 16.8. The Balaban J connectivity index is 1.68. The van der Waals surface area contributed by atoms with Crippen LogP contribution in [0.25, 0.3) is 11.0 Å². The zero-order valence-corrected chi connectivity index (χ0v) is 11.8. The molecule has 2 aromatic carbocycles. The second-order valence-corrected chi connectivity index (χ2v) is 5.89. The Kier molecular flexibility index (Phi) is 3.04. The number of benzene rings is 2. The van der Waals surface area contributed by atoms with Gasteiger partial charge in [-0.2, -0.15) is 0 Å². The standard InChI is InChI=1S/C19H18O2/c20-19(18-12-15-5-1-2-10-17(15)21-18)16-9-4-8-14(11-16)13-6-3-7-13/h1-2,4-5,8-13,19-20H,3,6-7H2. The molecule has 1 aromatic heterocycles. The van der Waals surface area contributed by atoms with Gasteiger partial charge in [-0.1, -0.05) is 48.9 Å². The zero-order chi connectivity index (χ0) is 14.2. The number of aliphatic hydroxyl groups is 1. The van der Waals surface area contributed by atoms with Crippen molar-refractivity contribution in [3.05, 3.63) is 71.5 Å². The first-order valence-electron chi connectivity index (χ1n) is 7.58. The van der Waals surface area contributed by atoms with E-state index in [1.807, 2.05) is 42.5 Å². The highest BCUT2D eigenvalue weighted by Crippen LogP contribution is 2.37. The maximum absolute atomic E-state index is 10.6. The molecule has 0 radical (unpaired) electrons. The molecule has 0 aliphatic heterocycles. The molecule has 1 aliphatic rings. The molecule has 2 heteroatoms. The van der Waals surface area contributed by atoms with Gasteiger partial charge in [0.05, 0.1) is 0 Å². The second kappa shape index (κ2) is 5.05. The smallest absolute Gasteiger partial charge is 0.138 e. The van der Waals surface area contributed by atoms with Crippen LogP contribution in [0.3, 0.4) is 0 Å². The molecule has 4 rings (SSSR count). The number of rotatable bonds is 3. The van der Waals surface area contributed by atoms with E-state index in [9.17, 15) is 5.11 Å². The summed E-state index contributed by atoms with van der Waals surface area (Å²) < 4.78 is 5.77. The summed E-state index contributed by atoms with van der Waals surface area (Å²) in [5.74, 6) is 1.29. The van der Waals surface area contributed by atoms with Crippen molar-refractivity contribution >= 4 is 11.0 Å². The van der Waals surface area contributed by atoms with Gasteiger partial charge in [-0.25, -0.2) is 0 Å². The summed E-state index contributed by atoms with van der Waals surface area (Å²) in [6.07, 6.45) is 3.16. The van der Waals surface area contributed by atoms with E-state index in [4.69, 9.17) is 4.42 Å². The van der Waals surface area contributed by atoms with Crippen molar-refractivity contribution in [2.75, 3.05) is 0 Å². The highest BCUT2D eigenvalue weighted by Gasteiger charge is 2.21. The highest BCUT2D eigenvalue weighted by atomic mass is 16.4. The molecule has 1 atom stereocenters. The Morgan fingerprint density at radius 3 is 2.62 bits per heavy atom. The third kappa shape index (κ3) is 2.26. The van der Waals surface area contributed by atoms with Crippen LogP contribution in [-0.4, -0.2) is 5.11 Å². The molecule has 1 aliphatic carbocycles. The van der Waals surface area contributed by atoms with E-state index < -0.39 is 6.10 Å². The first-order chi connectivity index (χ1) is 10.3. The number of aliphatic hydroxyl groups excluding tert-OH is 1. The summed E-state index contributed by atoms with van der Waals surface area (Å²) in [5, 5.41) is 11.6. The van der Waals surface area contributed by atoms with Gasteiger partial charge in [0.25, 0.3) is 0 Å². The van der Waals surface area contributed by atoms with E-state index in [0.29, 0.717) is 11.7 Å². The second-order valence-electron chi connectivity index (χ2n) is 5.89. The van der Waals surface area contributed by atoms with Gasteiger partial charge in [0, 0.05) is 5.39 Å². The van der Waals surface area contributed by atoms with Crippen LogP contribution in [0.2, 0.25) is 0 Å². The Bertz CT molecular complexity index is 735. The van der Waals surface area contributed by atoms with E-state index >= 15 is 0 Å². The van der Waals surface area contributed by atoms with Crippen molar-refractivity contribution in [2.24, 2.45) is 0 Å². The summed E-state index contributed by atoms with van der Waals surface area (Å²) in [5.41, 5.74) is 3.08. The molecule has 2 nitrogen and oxygen atoms in total. The number of para-hydroxylation sites is 1. The molecule has 106 valence electrons. The summed E-state index contributed by atoms with van der Waals surface area (Å²) in [6, 6.07) is 18.1. The van der Waals surface area contributed by atoms with Crippen molar-refractivity contribution in [3.8, 4) is 0 Å². The van der Waals surface area contributed by atoms with Crippen LogP contribution in [0.5, 0.6) is 0 Å². The average Bonchev–Trinajstić information content (AvgIpc) is 2.89. The van der Waals surface area contributed by atoms with Crippen LogP contribution in [0.4, 0.5) is 0 Å². The predicted molar refractivity (Wildman–Crippen MR) is 83.3 cm³/mol. The fourth-order valence-electron chi connectivity index (χ4n) is 3.03. The Labute approximate surface area is 124 Å². The van der Waals surface area contributed by atoms with Crippen molar-refractivity contribution in [2.45, 2.75) is 31.3 Å². The molecule has 1 heterocycles. The van der Waals surface area contributed by atoms with Gasteiger partial charge in [-0.3, -0.25) is 0 Å². The molecule has 3 aromatic rings. The lowest BCUT2D eigenvalue weighted by Gasteiger charge is -2.26. The largest absolute Gasteiger partial charge is 0.458 e. The van der Waals surface area contributed by atoms with Gasteiger partial charge in [-0.15, -0.1) is 0 Å². The fourth-order valence-corrected chi connectivity index (χ4v) is 3.03. The number of hydrogen-bond donors (Lipinski definition) is 1. The Morgan fingerprint density at radius 2 is 1.86 bits per heavy atom. The van der Waals surface area contributed by atoms with Gasteiger partial charge in [0.1, 0.15) is 17.4 Å². The van der Waals surface area contributed by atoms with Gasteiger partial charge in [-0.05, 0) is 42.0 Å². The average molecular weight is 278 g/mol. The molecular formula is C19H18O2. The summed E-state index contributed by atoms with van der Waals surface area (Å²) in [7, 11) is 0. The van der Waals surface area contributed by atoms with Crippen LogP contribution in [0, 0.1) is 0 Å². The van der Waals surface area contributed by atoms with Gasteiger partial charge in [0.15, 0.2) is 0 Å². The van der Waals surface area contributed by atoms with Crippen molar-refractivity contribution in [3.63, 3.8) is 0 Å². The third-order valence-electron chi connectivity index (χ3n) is 4.52. The van der Waals surface area contributed by atoms with E-state index in [0.717, 1.165) is 16.5 Å². The Morgan fingerprint density at radius 1 is 1.00 bits per heavy atom. The van der Waals surface area contributed by atoms with Crippen LogP contribution in [0.1, 0.15) is 48.2 Å². The minimum absolute atomic E-state index is 0.613. The molecule has 1 N–H and O–H groups in total. The minimum Gasteiger partial charge on any atom is -0.458 e. The lowest BCUT2D eigenvalue weighted by atomic mass is 9.79.